The third-order valence-corrected chi connectivity index (χ3v) is 4.25. The molecule has 0 saturated carbocycles. The number of carbonyl (C=O) groups excluding carboxylic acids is 1. The van der Waals surface area contributed by atoms with E-state index in [1.807, 2.05) is 17.0 Å². The van der Waals surface area contributed by atoms with E-state index in [0.717, 1.165) is 48.1 Å². The summed E-state index contributed by atoms with van der Waals surface area (Å²) in [5.74, 6) is 0.129. The van der Waals surface area contributed by atoms with Gasteiger partial charge in [0.1, 0.15) is 6.10 Å². The van der Waals surface area contributed by atoms with Crippen LogP contribution in [0.3, 0.4) is 0 Å². The molecule has 5 heteroatoms. The molecule has 0 aliphatic carbocycles. The molecule has 2 aliphatic heterocycles. The van der Waals surface area contributed by atoms with Crippen LogP contribution in [0.1, 0.15) is 24.1 Å². The molecule has 0 N–H and O–H groups in total. The molecule has 4 rings (SSSR count). The Bertz CT molecular complexity index is 695. The normalized spacial score (nSPS) is 21.5. The Hall–Kier alpha value is -2.01. The first-order chi connectivity index (χ1) is 10.3. The minimum atomic E-state index is -0.235. The maximum absolute atomic E-state index is 12.4. The van der Waals surface area contributed by atoms with Crippen LogP contribution in [0.5, 0.6) is 0 Å². The average Bonchev–Trinajstić information content (AvgIpc) is 3.06. The molecule has 21 heavy (non-hydrogen) atoms. The molecular weight excluding hydrogens is 266 g/mol. The second-order valence-corrected chi connectivity index (χ2v) is 5.66. The molecule has 0 radical (unpaired) electrons. The molecule has 1 atom stereocenters. The number of aromatic nitrogens is 2. The van der Waals surface area contributed by atoms with Crippen LogP contribution in [0.15, 0.2) is 24.4 Å². The summed E-state index contributed by atoms with van der Waals surface area (Å²) in [7, 11) is 0. The number of fused-ring (bicyclic) bond motifs is 2. The van der Waals surface area contributed by atoms with Crippen molar-refractivity contribution in [3.05, 3.63) is 35.7 Å². The second kappa shape index (κ2) is 5.07. The Labute approximate surface area is 122 Å². The van der Waals surface area contributed by atoms with E-state index in [4.69, 9.17) is 4.74 Å². The fraction of sp³-hybridized carbons (Fsp3) is 0.438. The van der Waals surface area contributed by atoms with E-state index < -0.39 is 0 Å². The Kier molecular flexibility index (Phi) is 3.07. The first-order valence-electron chi connectivity index (χ1n) is 7.45. The highest BCUT2D eigenvalue weighted by molar-refractivity contribution is 5.82. The van der Waals surface area contributed by atoms with Gasteiger partial charge in [-0.05, 0) is 36.6 Å². The Morgan fingerprint density at radius 1 is 1.43 bits per heavy atom. The number of nitrogens with zero attached hydrogens (tertiary/aromatic N) is 3. The third-order valence-electron chi connectivity index (χ3n) is 4.25. The predicted molar refractivity (Wildman–Crippen MR) is 77.6 cm³/mol. The van der Waals surface area contributed by atoms with Crippen LogP contribution in [0, 0.1) is 0 Å². The molecule has 108 valence electrons. The first kappa shape index (κ1) is 12.7. The summed E-state index contributed by atoms with van der Waals surface area (Å²) in [5.41, 5.74) is 2.99. The van der Waals surface area contributed by atoms with E-state index in [1.54, 1.807) is 6.20 Å². The maximum atomic E-state index is 12.4. The van der Waals surface area contributed by atoms with Crippen molar-refractivity contribution in [1.82, 2.24) is 14.9 Å². The number of ether oxygens (including phenoxy) is 1. The lowest BCUT2D eigenvalue weighted by Gasteiger charge is -2.30. The largest absolute Gasteiger partial charge is 0.368 e. The summed E-state index contributed by atoms with van der Waals surface area (Å²) in [6.07, 6.45) is 4.15. The summed E-state index contributed by atoms with van der Waals surface area (Å²) in [6, 6.07) is 6.03. The van der Waals surface area contributed by atoms with E-state index in [-0.39, 0.29) is 12.0 Å². The lowest BCUT2D eigenvalue weighted by Crippen LogP contribution is -2.42. The van der Waals surface area contributed by atoms with Crippen molar-refractivity contribution in [2.75, 3.05) is 13.2 Å². The van der Waals surface area contributed by atoms with Crippen molar-refractivity contribution in [2.45, 2.75) is 31.9 Å². The highest BCUT2D eigenvalue weighted by Gasteiger charge is 2.30. The summed E-state index contributed by atoms with van der Waals surface area (Å²) in [5, 5.41) is 1.03. The molecule has 0 bridgehead atoms. The Morgan fingerprint density at radius 3 is 3.24 bits per heavy atom. The van der Waals surface area contributed by atoms with Gasteiger partial charge >= 0.3 is 0 Å². The van der Waals surface area contributed by atoms with Gasteiger partial charge in [-0.25, -0.2) is 9.97 Å². The van der Waals surface area contributed by atoms with Crippen molar-refractivity contribution in [1.29, 1.82) is 0 Å². The van der Waals surface area contributed by atoms with E-state index in [0.29, 0.717) is 13.2 Å². The van der Waals surface area contributed by atoms with Crippen LogP contribution in [0.4, 0.5) is 0 Å². The molecule has 2 aromatic rings. The molecular formula is C16H17N3O2. The van der Waals surface area contributed by atoms with Crippen molar-refractivity contribution in [3.8, 4) is 0 Å². The van der Waals surface area contributed by atoms with Gasteiger partial charge in [-0.1, -0.05) is 0 Å². The fourth-order valence-electron chi connectivity index (χ4n) is 3.13. The zero-order valence-electron chi connectivity index (χ0n) is 11.8. The minimum absolute atomic E-state index is 0.129. The molecule has 4 heterocycles. The van der Waals surface area contributed by atoms with Gasteiger partial charge in [-0.3, -0.25) is 4.79 Å². The second-order valence-electron chi connectivity index (χ2n) is 5.66. The van der Waals surface area contributed by atoms with Crippen LogP contribution in [-0.4, -0.2) is 40.0 Å². The van der Waals surface area contributed by atoms with Crippen LogP contribution < -0.4 is 0 Å². The summed E-state index contributed by atoms with van der Waals surface area (Å²) >= 11 is 0. The van der Waals surface area contributed by atoms with Gasteiger partial charge in [-0.15, -0.1) is 0 Å². The van der Waals surface area contributed by atoms with Crippen molar-refractivity contribution in [3.63, 3.8) is 0 Å². The first-order valence-corrected chi connectivity index (χ1v) is 7.45. The van der Waals surface area contributed by atoms with Gasteiger partial charge in [0.2, 0.25) is 0 Å². The van der Waals surface area contributed by atoms with Crippen molar-refractivity contribution in [2.24, 2.45) is 0 Å². The number of hydrogen-bond acceptors (Lipinski definition) is 4. The smallest absolute Gasteiger partial charge is 0.252 e. The molecule has 0 spiro atoms. The number of rotatable bonds is 1. The highest BCUT2D eigenvalue weighted by Crippen LogP contribution is 2.23. The highest BCUT2D eigenvalue weighted by atomic mass is 16.5. The number of hydrogen-bond donors (Lipinski definition) is 0. The third kappa shape index (κ3) is 2.27. The van der Waals surface area contributed by atoms with Crippen LogP contribution in [-0.2, 0) is 22.5 Å². The maximum Gasteiger partial charge on any atom is 0.252 e. The number of carbonyl (C=O) groups is 1. The van der Waals surface area contributed by atoms with Gasteiger partial charge in [0.15, 0.2) is 5.65 Å². The molecule has 1 fully saturated rings. The lowest BCUT2D eigenvalue weighted by atomic mass is 10.0. The van der Waals surface area contributed by atoms with Gasteiger partial charge in [0, 0.05) is 43.4 Å². The van der Waals surface area contributed by atoms with Crippen LogP contribution >= 0.6 is 0 Å². The molecule has 1 saturated heterocycles. The van der Waals surface area contributed by atoms with Gasteiger partial charge in [0.25, 0.3) is 5.91 Å². The fourth-order valence-corrected chi connectivity index (χ4v) is 3.13. The lowest BCUT2D eigenvalue weighted by molar-refractivity contribution is -0.141. The van der Waals surface area contributed by atoms with Crippen LogP contribution in [0.2, 0.25) is 0 Å². The van der Waals surface area contributed by atoms with E-state index in [9.17, 15) is 4.79 Å². The quantitative estimate of drug-likeness (QED) is 0.799. The zero-order chi connectivity index (χ0) is 14.2. The predicted octanol–water partition coefficient (Wildman–Crippen LogP) is 1.69. The molecule has 1 unspecified atom stereocenters. The summed E-state index contributed by atoms with van der Waals surface area (Å²) in [4.78, 5) is 23.3. The molecule has 5 nitrogen and oxygen atoms in total. The minimum Gasteiger partial charge on any atom is -0.368 e. The summed E-state index contributed by atoms with van der Waals surface area (Å²) in [6.45, 7) is 2.06. The van der Waals surface area contributed by atoms with Gasteiger partial charge in [-0.2, -0.15) is 0 Å². The summed E-state index contributed by atoms with van der Waals surface area (Å²) < 4.78 is 5.51. The SMILES string of the molecule is O=C(C1CCCO1)N1CCc2nc3ncccc3cc2C1. The molecule has 2 aromatic heterocycles. The Balaban J connectivity index is 1.61. The zero-order valence-corrected chi connectivity index (χ0v) is 11.8. The van der Waals surface area contributed by atoms with E-state index in [1.165, 1.54) is 0 Å². The standard InChI is InChI=1S/C16H17N3O2/c20-16(14-4-2-8-21-14)19-7-5-13-12(10-19)9-11-3-1-6-17-15(11)18-13/h1,3,6,9,14H,2,4-5,7-8,10H2. The van der Waals surface area contributed by atoms with Crippen molar-refractivity contribution < 1.29 is 9.53 Å². The number of amides is 1. The van der Waals surface area contributed by atoms with Crippen molar-refractivity contribution >= 4 is 16.9 Å². The van der Waals surface area contributed by atoms with Gasteiger partial charge < -0.3 is 9.64 Å². The topological polar surface area (TPSA) is 55.3 Å². The average molecular weight is 283 g/mol. The molecule has 0 aromatic carbocycles. The molecule has 2 aliphatic rings. The van der Waals surface area contributed by atoms with Crippen LogP contribution in [0.25, 0.3) is 11.0 Å². The Morgan fingerprint density at radius 2 is 2.38 bits per heavy atom. The van der Waals surface area contributed by atoms with E-state index in [2.05, 4.69) is 16.0 Å². The van der Waals surface area contributed by atoms with E-state index >= 15 is 0 Å². The monoisotopic (exact) mass is 283 g/mol. The molecule has 1 amide bonds. The van der Waals surface area contributed by atoms with Gasteiger partial charge in [0.05, 0.1) is 0 Å². The number of pyridine rings is 2.